The van der Waals surface area contributed by atoms with Crippen LogP contribution in [0.15, 0.2) is 30.3 Å². The summed E-state index contributed by atoms with van der Waals surface area (Å²) in [5.41, 5.74) is 0.520. The maximum Gasteiger partial charge on any atom is 0.416 e. The maximum atomic E-state index is 13.3. The highest BCUT2D eigenvalue weighted by molar-refractivity contribution is 6.29. The Kier molecular flexibility index (Phi) is 3.28. The average Bonchev–Trinajstić information content (AvgIpc) is 2.79. The zero-order valence-electron chi connectivity index (χ0n) is 10.6. The monoisotopic (exact) mass is 316 g/mol. The fourth-order valence-corrected chi connectivity index (χ4v) is 2.58. The van der Waals surface area contributed by atoms with Crippen LogP contribution in [0.4, 0.5) is 29.1 Å². The molecule has 2 aromatic rings. The molecule has 0 amide bonds. The van der Waals surface area contributed by atoms with E-state index in [9.17, 15) is 17.6 Å². The molecule has 1 aliphatic heterocycles. The average molecular weight is 317 g/mol. The molecule has 0 saturated carbocycles. The van der Waals surface area contributed by atoms with Crippen LogP contribution in [-0.2, 0) is 12.6 Å². The van der Waals surface area contributed by atoms with Gasteiger partial charge in [0.15, 0.2) is 0 Å². The van der Waals surface area contributed by atoms with Crippen molar-refractivity contribution in [1.29, 1.82) is 0 Å². The molecule has 3 rings (SSSR count). The summed E-state index contributed by atoms with van der Waals surface area (Å²) in [6.45, 7) is 0.434. The summed E-state index contributed by atoms with van der Waals surface area (Å²) in [6.07, 6.45) is -3.89. The molecule has 110 valence electrons. The van der Waals surface area contributed by atoms with Crippen molar-refractivity contribution in [3.05, 3.63) is 52.4 Å². The first kappa shape index (κ1) is 14.1. The first-order valence-electron chi connectivity index (χ1n) is 6.15. The Morgan fingerprint density at radius 3 is 2.62 bits per heavy atom. The number of benzene rings is 1. The van der Waals surface area contributed by atoms with Gasteiger partial charge in [-0.3, -0.25) is 0 Å². The van der Waals surface area contributed by atoms with Crippen LogP contribution >= 0.6 is 11.6 Å². The van der Waals surface area contributed by atoms with Crippen LogP contribution in [0, 0.1) is 5.82 Å². The number of pyridine rings is 1. The molecule has 1 aromatic heterocycles. The molecular formula is C14H9ClF4N2. The van der Waals surface area contributed by atoms with E-state index in [1.807, 2.05) is 0 Å². The molecule has 1 aromatic carbocycles. The summed E-state index contributed by atoms with van der Waals surface area (Å²) in [5, 5.41) is -0.246. The first-order chi connectivity index (χ1) is 9.84. The van der Waals surface area contributed by atoms with Crippen molar-refractivity contribution in [3.63, 3.8) is 0 Å². The second-order valence-corrected chi connectivity index (χ2v) is 5.10. The fraction of sp³-hybridized carbons (Fsp3) is 0.214. The predicted molar refractivity (Wildman–Crippen MR) is 71.4 cm³/mol. The number of hydrogen-bond donors (Lipinski definition) is 0. The van der Waals surface area contributed by atoms with Gasteiger partial charge in [-0.15, -0.1) is 0 Å². The molecule has 0 N–H and O–H groups in total. The van der Waals surface area contributed by atoms with Crippen molar-refractivity contribution in [3.8, 4) is 0 Å². The number of alkyl halides is 3. The lowest BCUT2D eigenvalue weighted by Gasteiger charge is -2.20. The molecule has 0 atom stereocenters. The van der Waals surface area contributed by atoms with Crippen LogP contribution in [0.2, 0.25) is 5.15 Å². The highest BCUT2D eigenvalue weighted by Crippen LogP contribution is 2.38. The van der Waals surface area contributed by atoms with Crippen molar-refractivity contribution >= 4 is 23.1 Å². The van der Waals surface area contributed by atoms with Crippen LogP contribution < -0.4 is 4.90 Å². The lowest BCUT2D eigenvalue weighted by Crippen LogP contribution is -2.16. The van der Waals surface area contributed by atoms with Gasteiger partial charge in [-0.1, -0.05) is 17.7 Å². The zero-order chi connectivity index (χ0) is 15.2. The van der Waals surface area contributed by atoms with E-state index in [4.69, 9.17) is 11.6 Å². The smallest absolute Gasteiger partial charge is 0.326 e. The van der Waals surface area contributed by atoms with Crippen LogP contribution in [0.25, 0.3) is 0 Å². The predicted octanol–water partition coefficient (Wildman–Crippen LogP) is 4.59. The Hall–Kier alpha value is -1.82. The van der Waals surface area contributed by atoms with Gasteiger partial charge in [0.05, 0.1) is 5.56 Å². The molecule has 0 bridgehead atoms. The molecule has 7 heteroatoms. The van der Waals surface area contributed by atoms with Crippen molar-refractivity contribution in [2.75, 3.05) is 11.4 Å². The van der Waals surface area contributed by atoms with Gasteiger partial charge in [0.2, 0.25) is 0 Å². The molecule has 0 aliphatic carbocycles. The molecule has 0 radical (unpaired) electrons. The second kappa shape index (κ2) is 4.87. The van der Waals surface area contributed by atoms with Crippen LogP contribution in [0.1, 0.15) is 11.1 Å². The summed E-state index contributed by atoms with van der Waals surface area (Å²) < 4.78 is 51.8. The molecular weight excluding hydrogens is 308 g/mol. The van der Waals surface area contributed by atoms with E-state index in [1.165, 1.54) is 12.1 Å². The van der Waals surface area contributed by atoms with Gasteiger partial charge in [0.25, 0.3) is 0 Å². The highest BCUT2D eigenvalue weighted by Gasteiger charge is 2.33. The Morgan fingerprint density at radius 2 is 1.90 bits per heavy atom. The molecule has 1 aliphatic rings. The summed E-state index contributed by atoms with van der Waals surface area (Å²) >= 11 is 5.68. The third kappa shape index (κ3) is 2.68. The SMILES string of the molecule is Fc1ccc2c(c1)N(c1cc(C(F)(F)F)cc(Cl)n1)CC2. The minimum absolute atomic E-state index is 0.0687. The van der Waals surface area contributed by atoms with E-state index >= 15 is 0 Å². The number of anilines is 2. The summed E-state index contributed by atoms with van der Waals surface area (Å²) in [7, 11) is 0. The molecule has 0 unspecified atom stereocenters. The Labute approximate surface area is 123 Å². The maximum absolute atomic E-state index is 13.3. The number of halogens is 5. The van der Waals surface area contributed by atoms with Crippen LogP contribution in [0.3, 0.4) is 0 Å². The van der Waals surface area contributed by atoms with Crippen LogP contribution in [-0.4, -0.2) is 11.5 Å². The topological polar surface area (TPSA) is 16.1 Å². The molecule has 0 fully saturated rings. The largest absolute Gasteiger partial charge is 0.416 e. The van der Waals surface area contributed by atoms with Crippen molar-refractivity contribution in [1.82, 2.24) is 4.98 Å². The zero-order valence-corrected chi connectivity index (χ0v) is 11.3. The van der Waals surface area contributed by atoms with Crippen molar-refractivity contribution in [2.45, 2.75) is 12.6 Å². The van der Waals surface area contributed by atoms with Crippen LogP contribution in [0.5, 0.6) is 0 Å². The van der Waals surface area contributed by atoms with E-state index in [0.717, 1.165) is 17.7 Å². The highest BCUT2D eigenvalue weighted by atomic mass is 35.5. The Bertz CT molecular complexity index is 700. The minimum atomic E-state index is -4.51. The van der Waals surface area contributed by atoms with Gasteiger partial charge in [0.1, 0.15) is 16.8 Å². The summed E-state index contributed by atoms with van der Waals surface area (Å²) in [6, 6.07) is 5.94. The third-order valence-corrected chi connectivity index (χ3v) is 3.52. The lowest BCUT2D eigenvalue weighted by molar-refractivity contribution is -0.137. The number of fused-ring (bicyclic) bond motifs is 1. The molecule has 0 spiro atoms. The number of aromatic nitrogens is 1. The van der Waals surface area contributed by atoms with Gasteiger partial charge in [-0.05, 0) is 36.2 Å². The molecule has 21 heavy (non-hydrogen) atoms. The lowest BCUT2D eigenvalue weighted by atomic mass is 10.1. The standard InChI is InChI=1S/C14H9ClF4N2/c15-12-5-9(14(17,18)19)6-13(20-12)21-4-3-8-1-2-10(16)7-11(8)21/h1-2,5-7H,3-4H2. The van der Waals surface area contributed by atoms with Gasteiger partial charge in [-0.2, -0.15) is 13.2 Å². The fourth-order valence-electron chi connectivity index (χ4n) is 2.38. The summed E-state index contributed by atoms with van der Waals surface area (Å²) in [5.74, 6) is -0.377. The molecule has 0 saturated heterocycles. The van der Waals surface area contributed by atoms with Gasteiger partial charge >= 0.3 is 6.18 Å². The normalized spacial score (nSPS) is 14.4. The number of hydrogen-bond acceptors (Lipinski definition) is 2. The molecule has 2 heterocycles. The van der Waals surface area contributed by atoms with E-state index in [2.05, 4.69) is 4.98 Å². The van der Waals surface area contributed by atoms with Crippen molar-refractivity contribution < 1.29 is 17.6 Å². The first-order valence-corrected chi connectivity index (χ1v) is 6.53. The quantitative estimate of drug-likeness (QED) is 0.565. The minimum Gasteiger partial charge on any atom is -0.326 e. The Balaban J connectivity index is 2.07. The number of nitrogens with zero attached hydrogens (tertiary/aromatic N) is 2. The van der Waals surface area contributed by atoms with E-state index in [1.54, 1.807) is 11.0 Å². The van der Waals surface area contributed by atoms with Gasteiger partial charge in [-0.25, -0.2) is 9.37 Å². The second-order valence-electron chi connectivity index (χ2n) is 4.71. The third-order valence-electron chi connectivity index (χ3n) is 3.33. The molecule has 2 nitrogen and oxygen atoms in total. The van der Waals surface area contributed by atoms with Crippen molar-refractivity contribution in [2.24, 2.45) is 0 Å². The Morgan fingerprint density at radius 1 is 1.14 bits per heavy atom. The summed E-state index contributed by atoms with van der Waals surface area (Å²) in [4.78, 5) is 5.47. The van der Waals surface area contributed by atoms with E-state index in [-0.39, 0.29) is 11.0 Å². The number of rotatable bonds is 1. The van der Waals surface area contributed by atoms with Gasteiger partial charge in [0, 0.05) is 12.2 Å². The van der Waals surface area contributed by atoms with Gasteiger partial charge < -0.3 is 4.90 Å². The van der Waals surface area contributed by atoms with E-state index < -0.39 is 17.6 Å². The van der Waals surface area contributed by atoms with E-state index in [0.29, 0.717) is 18.7 Å².